The fraction of sp³-hybridized carbons (Fsp3) is 0.800. The van der Waals surface area contributed by atoms with Crippen LogP contribution in [0.3, 0.4) is 0 Å². The van der Waals surface area contributed by atoms with Crippen molar-refractivity contribution < 1.29 is 38.0 Å². The van der Waals surface area contributed by atoms with Crippen molar-refractivity contribution in [1.29, 1.82) is 0 Å². The van der Waals surface area contributed by atoms with E-state index in [4.69, 9.17) is 63.2 Å². The molecule has 154 valence electrons. The third-order valence-corrected chi connectivity index (χ3v) is 3.87. The normalized spacial score (nSPS) is 32.8. The quantitative estimate of drug-likeness (QED) is 0.207. The molecule has 0 aromatic carbocycles. The molecule has 0 bridgehead atoms. The minimum atomic E-state index is -1.93. The van der Waals surface area contributed by atoms with E-state index in [-0.39, 0.29) is 6.61 Å². The second-order valence-corrected chi connectivity index (χ2v) is 8.54. The molecule has 2 rings (SSSR count). The summed E-state index contributed by atoms with van der Waals surface area (Å²) in [7, 11) is 0. The molecule has 2 fully saturated rings. The van der Waals surface area contributed by atoms with Crippen molar-refractivity contribution in [2.24, 2.45) is 4.99 Å². The summed E-state index contributed by atoms with van der Waals surface area (Å²) < 4.78 is 31.2. The summed E-state index contributed by atoms with van der Waals surface area (Å²) in [6.07, 6.45) is -3.45. The standard InChI is InChI=1S/C15H20Cl3NO8/c1-7(20)22-5-9-10-11(27-14(3,4)26-10)12(24-8(2)21)13(25-9)23-6-19-15(16,17)18/h6,9-13H,5H2,1-4H3/b19-6+/t9-,10+,11+,12-,13-/m1/s1. The minimum Gasteiger partial charge on any atom is -0.463 e. The molecule has 2 saturated heterocycles. The Kier molecular flexibility index (Phi) is 7.21. The van der Waals surface area contributed by atoms with E-state index in [0.717, 1.165) is 6.40 Å². The number of fused-ring (bicyclic) bond motifs is 1. The predicted octanol–water partition coefficient (Wildman–Crippen LogP) is 2.10. The Hall–Kier alpha value is -0.840. The van der Waals surface area contributed by atoms with E-state index in [1.807, 2.05) is 0 Å². The van der Waals surface area contributed by atoms with Gasteiger partial charge in [-0.1, -0.05) is 34.8 Å². The van der Waals surface area contributed by atoms with Crippen LogP contribution in [-0.4, -0.2) is 65.4 Å². The Morgan fingerprint density at radius 1 is 1.15 bits per heavy atom. The molecule has 27 heavy (non-hydrogen) atoms. The summed E-state index contributed by atoms with van der Waals surface area (Å²) in [6, 6.07) is 0. The van der Waals surface area contributed by atoms with Gasteiger partial charge in [-0.15, -0.1) is 0 Å². The highest BCUT2D eigenvalue weighted by Crippen LogP contribution is 2.39. The number of rotatable bonds is 5. The van der Waals surface area contributed by atoms with E-state index in [2.05, 4.69) is 4.99 Å². The van der Waals surface area contributed by atoms with Gasteiger partial charge in [0.2, 0.25) is 6.29 Å². The van der Waals surface area contributed by atoms with Crippen molar-refractivity contribution in [3.05, 3.63) is 0 Å². The third kappa shape index (κ3) is 6.62. The highest BCUT2D eigenvalue weighted by molar-refractivity contribution is 6.67. The SMILES string of the molecule is CC(=O)OC[C@H]1O[C@@H](O/C=N/C(Cl)(Cl)Cl)[C@H](OC(C)=O)[C@H]2OC(C)(C)O[C@H]21. The molecule has 0 radical (unpaired) electrons. The third-order valence-electron chi connectivity index (χ3n) is 3.58. The Morgan fingerprint density at radius 3 is 2.33 bits per heavy atom. The lowest BCUT2D eigenvalue weighted by molar-refractivity contribution is -0.264. The van der Waals surface area contributed by atoms with Crippen molar-refractivity contribution in [3.63, 3.8) is 0 Å². The fourth-order valence-corrected chi connectivity index (χ4v) is 2.87. The maximum atomic E-state index is 11.5. The first-order chi connectivity index (χ1) is 12.4. The van der Waals surface area contributed by atoms with Crippen LogP contribution in [0.25, 0.3) is 0 Å². The van der Waals surface area contributed by atoms with E-state index in [1.165, 1.54) is 13.8 Å². The minimum absolute atomic E-state index is 0.121. The smallest absolute Gasteiger partial charge is 0.303 e. The van der Waals surface area contributed by atoms with Crippen molar-refractivity contribution >= 4 is 53.1 Å². The Balaban J connectivity index is 2.24. The van der Waals surface area contributed by atoms with Gasteiger partial charge in [-0.3, -0.25) is 9.59 Å². The van der Waals surface area contributed by atoms with Crippen molar-refractivity contribution in [2.75, 3.05) is 6.61 Å². The van der Waals surface area contributed by atoms with Crippen LogP contribution in [-0.2, 0) is 38.0 Å². The molecule has 0 aliphatic carbocycles. The van der Waals surface area contributed by atoms with E-state index in [1.54, 1.807) is 13.8 Å². The zero-order valence-electron chi connectivity index (χ0n) is 15.0. The first kappa shape index (κ1) is 22.4. The number of halogens is 3. The number of hydrogen-bond acceptors (Lipinski definition) is 9. The molecule has 5 atom stereocenters. The summed E-state index contributed by atoms with van der Waals surface area (Å²) >= 11 is 16.6. The second-order valence-electron chi connectivity index (χ2n) is 6.32. The molecule has 0 spiro atoms. The van der Waals surface area contributed by atoms with Gasteiger partial charge in [0.05, 0.1) is 0 Å². The molecule has 12 heteroatoms. The topological polar surface area (TPSA) is 102 Å². The van der Waals surface area contributed by atoms with Crippen LogP contribution in [0.1, 0.15) is 27.7 Å². The molecule has 0 amide bonds. The van der Waals surface area contributed by atoms with Crippen LogP contribution < -0.4 is 0 Å². The number of carbonyl (C=O) groups excluding carboxylic acids is 2. The largest absolute Gasteiger partial charge is 0.463 e. The van der Waals surface area contributed by atoms with Gasteiger partial charge in [0.25, 0.3) is 3.92 Å². The molecule has 0 unspecified atom stereocenters. The molecule has 2 heterocycles. The summed E-state index contributed by atoms with van der Waals surface area (Å²) in [4.78, 5) is 26.3. The van der Waals surface area contributed by atoms with Gasteiger partial charge >= 0.3 is 11.9 Å². The van der Waals surface area contributed by atoms with Crippen LogP contribution in [0.4, 0.5) is 0 Å². The van der Waals surface area contributed by atoms with Gasteiger partial charge in [0.1, 0.15) is 24.9 Å². The summed E-state index contributed by atoms with van der Waals surface area (Å²) in [5.41, 5.74) is 0. The van der Waals surface area contributed by atoms with Crippen LogP contribution in [0.2, 0.25) is 0 Å². The average Bonchev–Trinajstić information content (AvgIpc) is 2.81. The molecule has 0 aromatic rings. The summed E-state index contributed by atoms with van der Waals surface area (Å²) in [6.45, 7) is 5.76. The number of aliphatic imine (C=N–C) groups is 1. The monoisotopic (exact) mass is 447 g/mol. The number of nitrogens with zero attached hydrogens (tertiary/aromatic N) is 1. The van der Waals surface area contributed by atoms with Gasteiger partial charge in [-0.25, -0.2) is 4.99 Å². The maximum absolute atomic E-state index is 11.5. The van der Waals surface area contributed by atoms with Crippen LogP contribution in [0.5, 0.6) is 0 Å². The molecule has 0 saturated carbocycles. The van der Waals surface area contributed by atoms with Gasteiger partial charge in [0, 0.05) is 13.8 Å². The van der Waals surface area contributed by atoms with Crippen LogP contribution >= 0.6 is 34.8 Å². The predicted molar refractivity (Wildman–Crippen MR) is 94.5 cm³/mol. The van der Waals surface area contributed by atoms with Crippen LogP contribution in [0.15, 0.2) is 4.99 Å². The first-order valence-corrected chi connectivity index (χ1v) is 9.09. The van der Waals surface area contributed by atoms with Gasteiger partial charge < -0.3 is 28.4 Å². The maximum Gasteiger partial charge on any atom is 0.303 e. The fourth-order valence-electron chi connectivity index (χ4n) is 2.75. The van der Waals surface area contributed by atoms with Crippen molar-refractivity contribution in [2.45, 2.75) is 68.1 Å². The zero-order valence-corrected chi connectivity index (χ0v) is 17.3. The highest BCUT2D eigenvalue weighted by atomic mass is 35.6. The Morgan fingerprint density at radius 2 is 1.78 bits per heavy atom. The number of ether oxygens (including phenoxy) is 6. The van der Waals surface area contributed by atoms with Crippen LogP contribution in [0, 0.1) is 0 Å². The van der Waals surface area contributed by atoms with E-state index >= 15 is 0 Å². The molecule has 2 aliphatic rings. The molecule has 9 nitrogen and oxygen atoms in total. The van der Waals surface area contributed by atoms with E-state index < -0.39 is 52.3 Å². The van der Waals surface area contributed by atoms with Gasteiger partial charge in [-0.2, -0.15) is 0 Å². The number of hydrogen-bond donors (Lipinski definition) is 0. The second kappa shape index (κ2) is 8.67. The zero-order chi connectivity index (χ0) is 20.4. The lowest BCUT2D eigenvalue weighted by Crippen LogP contribution is -2.59. The molecule has 0 aromatic heterocycles. The molecular weight excluding hydrogens is 429 g/mol. The Bertz CT molecular complexity index is 594. The van der Waals surface area contributed by atoms with Crippen molar-refractivity contribution in [3.8, 4) is 0 Å². The number of carbonyl (C=O) groups is 2. The van der Waals surface area contributed by atoms with Crippen molar-refractivity contribution in [1.82, 2.24) is 0 Å². The highest BCUT2D eigenvalue weighted by Gasteiger charge is 2.57. The summed E-state index contributed by atoms with van der Waals surface area (Å²) in [5, 5.41) is 0. The number of alkyl halides is 3. The van der Waals surface area contributed by atoms with E-state index in [9.17, 15) is 9.59 Å². The van der Waals surface area contributed by atoms with Gasteiger partial charge in [-0.05, 0) is 13.8 Å². The van der Waals surface area contributed by atoms with E-state index in [0.29, 0.717) is 0 Å². The summed E-state index contributed by atoms with van der Waals surface area (Å²) in [5.74, 6) is -2.06. The lowest BCUT2D eigenvalue weighted by Gasteiger charge is -2.40. The first-order valence-electron chi connectivity index (χ1n) is 7.95. The lowest BCUT2D eigenvalue weighted by atomic mass is 9.99. The average molecular weight is 449 g/mol. The molecule has 0 N–H and O–H groups in total. The number of esters is 2. The molecule has 2 aliphatic heterocycles. The Labute approximate surface area is 171 Å². The van der Waals surface area contributed by atoms with Gasteiger partial charge in [0.15, 0.2) is 18.3 Å². The molecular formula is C15H20Cl3NO8.